The number of hydrogen-bond donors (Lipinski definition) is 1. The Morgan fingerprint density at radius 3 is 2.62 bits per heavy atom. The largest absolute Gasteiger partial charge is 0.465 e. The molecule has 7 heteroatoms. The zero-order valence-corrected chi connectivity index (χ0v) is 13.9. The molecule has 0 aliphatic carbocycles. The number of benzene rings is 2. The molecule has 1 N–H and O–H groups in total. The Morgan fingerprint density at radius 1 is 1.12 bits per heavy atom. The van der Waals surface area contributed by atoms with Crippen LogP contribution in [-0.4, -0.2) is 31.6 Å². The van der Waals surface area contributed by atoms with Crippen molar-refractivity contribution in [1.29, 1.82) is 0 Å². The number of hydrogen-bond acceptors (Lipinski definition) is 5. The molecule has 0 atom stereocenters. The molecule has 0 saturated carbocycles. The van der Waals surface area contributed by atoms with Crippen molar-refractivity contribution in [3.63, 3.8) is 0 Å². The number of halogens is 1. The van der Waals surface area contributed by atoms with Crippen LogP contribution in [0.5, 0.6) is 0 Å². The van der Waals surface area contributed by atoms with Crippen molar-refractivity contribution < 1.29 is 28.2 Å². The molecule has 2 aromatic rings. The molecule has 0 bridgehead atoms. The van der Waals surface area contributed by atoms with Gasteiger partial charge in [-0.25, -0.2) is 14.0 Å². The second-order valence-corrected chi connectivity index (χ2v) is 5.08. The van der Waals surface area contributed by atoms with Crippen LogP contribution in [0.2, 0.25) is 0 Å². The first-order valence-corrected chi connectivity index (χ1v) is 7.57. The summed E-state index contributed by atoms with van der Waals surface area (Å²) in [6, 6.07) is 12.0. The van der Waals surface area contributed by atoms with Gasteiger partial charge in [0.15, 0.2) is 6.61 Å². The fourth-order valence-electron chi connectivity index (χ4n) is 1.99. The summed E-state index contributed by atoms with van der Waals surface area (Å²) in [4.78, 5) is 34.8. The zero-order valence-electron chi connectivity index (χ0n) is 13.9. The highest BCUT2D eigenvalue weighted by Gasteiger charge is 2.09. The van der Waals surface area contributed by atoms with Crippen molar-refractivity contribution in [2.75, 3.05) is 19.0 Å². The van der Waals surface area contributed by atoms with Gasteiger partial charge >= 0.3 is 11.9 Å². The third-order valence-electron chi connectivity index (χ3n) is 3.22. The van der Waals surface area contributed by atoms with Crippen LogP contribution in [0.4, 0.5) is 10.1 Å². The topological polar surface area (TPSA) is 81.7 Å². The summed E-state index contributed by atoms with van der Waals surface area (Å²) in [5.74, 6) is -2.38. The van der Waals surface area contributed by atoms with Gasteiger partial charge in [-0.2, -0.15) is 0 Å². The van der Waals surface area contributed by atoms with E-state index in [1.807, 2.05) is 0 Å². The van der Waals surface area contributed by atoms with E-state index >= 15 is 0 Å². The lowest BCUT2D eigenvalue weighted by atomic mass is 10.2. The SMILES string of the molecule is COC(=O)c1cccc(NC(=O)COC(=O)/C=C/c2ccccc2F)c1. The summed E-state index contributed by atoms with van der Waals surface area (Å²) in [6.07, 6.45) is 2.29. The molecule has 0 radical (unpaired) electrons. The van der Waals surface area contributed by atoms with Gasteiger partial charge in [-0.05, 0) is 30.3 Å². The van der Waals surface area contributed by atoms with E-state index in [0.29, 0.717) is 5.69 Å². The van der Waals surface area contributed by atoms with Crippen LogP contribution in [0.3, 0.4) is 0 Å². The lowest BCUT2D eigenvalue weighted by Crippen LogP contribution is -2.20. The third kappa shape index (κ3) is 5.55. The molecule has 1 amide bonds. The van der Waals surface area contributed by atoms with E-state index < -0.39 is 30.3 Å². The van der Waals surface area contributed by atoms with Crippen LogP contribution in [-0.2, 0) is 19.1 Å². The second kappa shape index (κ2) is 9.12. The van der Waals surface area contributed by atoms with Gasteiger partial charge in [0, 0.05) is 17.3 Å². The molecule has 0 saturated heterocycles. The van der Waals surface area contributed by atoms with E-state index in [2.05, 4.69) is 10.1 Å². The number of anilines is 1. The number of rotatable bonds is 6. The maximum atomic E-state index is 13.4. The van der Waals surface area contributed by atoms with Gasteiger partial charge in [0.05, 0.1) is 12.7 Å². The minimum absolute atomic E-state index is 0.230. The Bertz CT molecular complexity index is 847. The Hall–Kier alpha value is -3.48. The first-order valence-electron chi connectivity index (χ1n) is 7.57. The molecule has 0 spiro atoms. The number of carbonyl (C=O) groups excluding carboxylic acids is 3. The minimum atomic E-state index is -0.785. The molecule has 6 nitrogen and oxygen atoms in total. The zero-order chi connectivity index (χ0) is 18.9. The van der Waals surface area contributed by atoms with Crippen molar-refractivity contribution in [1.82, 2.24) is 0 Å². The van der Waals surface area contributed by atoms with Gasteiger partial charge in [0.1, 0.15) is 5.82 Å². The number of ether oxygens (including phenoxy) is 2. The van der Waals surface area contributed by atoms with Crippen LogP contribution < -0.4 is 5.32 Å². The highest BCUT2D eigenvalue weighted by Crippen LogP contribution is 2.11. The van der Waals surface area contributed by atoms with Crippen LogP contribution in [0.25, 0.3) is 6.08 Å². The van der Waals surface area contributed by atoms with Crippen LogP contribution in [0.1, 0.15) is 15.9 Å². The van der Waals surface area contributed by atoms with E-state index in [4.69, 9.17) is 4.74 Å². The van der Waals surface area contributed by atoms with E-state index in [1.54, 1.807) is 18.2 Å². The normalized spacial score (nSPS) is 10.4. The van der Waals surface area contributed by atoms with Crippen molar-refractivity contribution in [3.8, 4) is 0 Å². The summed E-state index contributed by atoms with van der Waals surface area (Å²) >= 11 is 0. The Balaban J connectivity index is 1.86. The predicted octanol–water partition coefficient (Wildman–Crippen LogP) is 2.81. The fourth-order valence-corrected chi connectivity index (χ4v) is 1.99. The summed E-state index contributed by atoms with van der Waals surface area (Å²) in [7, 11) is 1.25. The molecule has 0 aliphatic heterocycles. The smallest absolute Gasteiger partial charge is 0.337 e. The van der Waals surface area contributed by atoms with Gasteiger partial charge in [0.25, 0.3) is 5.91 Å². The van der Waals surface area contributed by atoms with Gasteiger partial charge in [-0.3, -0.25) is 4.79 Å². The molecule has 0 heterocycles. The Kier molecular flexibility index (Phi) is 6.61. The van der Waals surface area contributed by atoms with E-state index in [0.717, 1.165) is 6.08 Å². The van der Waals surface area contributed by atoms with Gasteiger partial charge in [0.2, 0.25) is 0 Å². The van der Waals surface area contributed by atoms with Crippen molar-refractivity contribution in [3.05, 3.63) is 71.6 Å². The third-order valence-corrected chi connectivity index (χ3v) is 3.22. The van der Waals surface area contributed by atoms with E-state index in [9.17, 15) is 18.8 Å². The molecule has 0 fully saturated rings. The van der Waals surface area contributed by atoms with E-state index in [1.165, 1.54) is 43.5 Å². The average molecular weight is 357 g/mol. The first-order chi connectivity index (χ1) is 12.5. The molecular weight excluding hydrogens is 341 g/mol. The quantitative estimate of drug-likeness (QED) is 0.635. The standard InChI is InChI=1S/C19H16FNO5/c1-25-19(24)14-6-4-7-15(11-14)21-17(22)12-26-18(23)10-9-13-5-2-3-8-16(13)20/h2-11H,12H2,1H3,(H,21,22)/b10-9+. The van der Waals surface area contributed by atoms with E-state index in [-0.39, 0.29) is 11.1 Å². The highest BCUT2D eigenvalue weighted by molar-refractivity contribution is 5.96. The monoisotopic (exact) mass is 357 g/mol. The van der Waals surface area contributed by atoms with Gasteiger partial charge in [-0.1, -0.05) is 24.3 Å². The molecule has 0 unspecified atom stereocenters. The summed E-state index contributed by atoms with van der Waals surface area (Å²) in [5, 5.41) is 2.49. The van der Waals surface area contributed by atoms with Gasteiger partial charge < -0.3 is 14.8 Å². The molecular formula is C19H16FNO5. The van der Waals surface area contributed by atoms with Crippen LogP contribution in [0, 0.1) is 5.82 Å². The molecule has 0 aliphatic rings. The molecule has 2 aromatic carbocycles. The fraction of sp³-hybridized carbons (Fsp3) is 0.105. The lowest BCUT2D eigenvalue weighted by molar-refractivity contribution is -0.142. The maximum Gasteiger partial charge on any atom is 0.337 e. The maximum absolute atomic E-state index is 13.4. The van der Waals surface area contributed by atoms with Gasteiger partial charge in [-0.15, -0.1) is 0 Å². The number of carbonyl (C=O) groups is 3. The summed E-state index contributed by atoms with van der Waals surface area (Å²) in [6.45, 7) is -0.525. The second-order valence-electron chi connectivity index (χ2n) is 5.08. The highest BCUT2D eigenvalue weighted by atomic mass is 19.1. The van der Waals surface area contributed by atoms with Crippen molar-refractivity contribution in [2.45, 2.75) is 0 Å². The van der Waals surface area contributed by atoms with Crippen LogP contribution >= 0.6 is 0 Å². The number of amides is 1. The van der Waals surface area contributed by atoms with Crippen LogP contribution in [0.15, 0.2) is 54.6 Å². The molecule has 2 rings (SSSR count). The van der Waals surface area contributed by atoms with Crippen molar-refractivity contribution >= 4 is 29.6 Å². The number of methoxy groups -OCH3 is 1. The minimum Gasteiger partial charge on any atom is -0.465 e. The lowest BCUT2D eigenvalue weighted by Gasteiger charge is -2.07. The molecule has 26 heavy (non-hydrogen) atoms. The molecule has 134 valence electrons. The Morgan fingerprint density at radius 2 is 1.88 bits per heavy atom. The first kappa shape index (κ1) is 18.9. The Labute approximate surface area is 149 Å². The average Bonchev–Trinajstić information content (AvgIpc) is 2.65. The number of nitrogens with one attached hydrogen (secondary N) is 1. The summed E-state index contributed by atoms with van der Waals surface area (Å²) in [5.41, 5.74) is 0.861. The van der Waals surface area contributed by atoms with Crippen molar-refractivity contribution in [2.24, 2.45) is 0 Å². The molecule has 0 aromatic heterocycles. The summed E-state index contributed by atoms with van der Waals surface area (Å²) < 4.78 is 22.8. The predicted molar refractivity (Wildman–Crippen MR) is 92.8 cm³/mol. The number of esters is 2.